The van der Waals surface area contributed by atoms with Gasteiger partial charge in [0.25, 0.3) is 0 Å². The van der Waals surface area contributed by atoms with E-state index in [2.05, 4.69) is 10.3 Å². The largest absolute Gasteiger partial charge is 0.360 e. The van der Waals surface area contributed by atoms with Crippen LogP contribution in [0.1, 0.15) is 0 Å². The summed E-state index contributed by atoms with van der Waals surface area (Å²) in [5.41, 5.74) is 0.124. The summed E-state index contributed by atoms with van der Waals surface area (Å²) in [6.45, 7) is 0.439. The number of aromatic nitrogens is 1. The quantitative estimate of drug-likeness (QED) is 0.858. The molecule has 2 amide bonds. The SMILES string of the molecule is O=C(Nc1nccs1)[C@H]1[C@H]2C=C[C@]3(CN(c4ccccc4)C(=O)[C@@H]13)O2. The van der Waals surface area contributed by atoms with Crippen LogP contribution in [0, 0.1) is 11.8 Å². The first-order valence-corrected chi connectivity index (χ1v) is 9.00. The molecular weight excluding hydrogens is 338 g/mol. The average molecular weight is 353 g/mol. The number of anilines is 2. The van der Waals surface area contributed by atoms with Crippen LogP contribution in [0.3, 0.4) is 0 Å². The number of thiazole rings is 1. The van der Waals surface area contributed by atoms with E-state index in [4.69, 9.17) is 4.74 Å². The summed E-state index contributed by atoms with van der Waals surface area (Å²) in [6.07, 6.45) is 5.14. The molecule has 0 radical (unpaired) electrons. The molecule has 1 aromatic carbocycles. The lowest BCUT2D eigenvalue weighted by Gasteiger charge is -2.22. The van der Waals surface area contributed by atoms with Crippen molar-refractivity contribution in [3.05, 3.63) is 54.1 Å². The molecule has 4 atom stereocenters. The predicted molar refractivity (Wildman–Crippen MR) is 93.3 cm³/mol. The van der Waals surface area contributed by atoms with Gasteiger partial charge in [-0.15, -0.1) is 11.3 Å². The normalized spacial score (nSPS) is 32.2. The second-order valence-corrected chi connectivity index (χ2v) is 7.38. The Kier molecular flexibility index (Phi) is 3.10. The number of amides is 2. The van der Waals surface area contributed by atoms with Gasteiger partial charge in [-0.2, -0.15) is 0 Å². The number of carbonyl (C=O) groups excluding carboxylic acids is 2. The number of fused-ring (bicyclic) bond motifs is 1. The van der Waals surface area contributed by atoms with Crippen LogP contribution < -0.4 is 10.2 Å². The zero-order valence-corrected chi connectivity index (χ0v) is 14.0. The van der Waals surface area contributed by atoms with E-state index in [1.54, 1.807) is 16.5 Å². The monoisotopic (exact) mass is 353 g/mol. The first kappa shape index (κ1) is 14.8. The number of benzene rings is 1. The van der Waals surface area contributed by atoms with E-state index in [0.717, 1.165) is 5.69 Å². The van der Waals surface area contributed by atoms with Crippen LogP contribution in [0.5, 0.6) is 0 Å². The molecule has 7 heteroatoms. The number of nitrogens with zero attached hydrogens (tertiary/aromatic N) is 2. The van der Waals surface area contributed by atoms with E-state index in [0.29, 0.717) is 11.7 Å². The predicted octanol–water partition coefficient (Wildman–Crippen LogP) is 2.07. The number of carbonyl (C=O) groups is 2. The van der Waals surface area contributed by atoms with Crippen molar-refractivity contribution in [2.24, 2.45) is 11.8 Å². The second-order valence-electron chi connectivity index (χ2n) is 6.49. The van der Waals surface area contributed by atoms with Crippen molar-refractivity contribution in [3.8, 4) is 0 Å². The molecule has 2 aromatic rings. The molecule has 0 saturated carbocycles. The molecule has 3 aliphatic heterocycles. The van der Waals surface area contributed by atoms with E-state index < -0.39 is 17.4 Å². The Morgan fingerprint density at radius 2 is 2.20 bits per heavy atom. The van der Waals surface area contributed by atoms with E-state index in [9.17, 15) is 9.59 Å². The molecule has 2 bridgehead atoms. The summed E-state index contributed by atoms with van der Waals surface area (Å²) in [5, 5.41) is 5.15. The van der Waals surface area contributed by atoms with Crippen LogP contribution in [-0.2, 0) is 14.3 Å². The fourth-order valence-electron chi connectivity index (χ4n) is 4.10. The van der Waals surface area contributed by atoms with E-state index in [-0.39, 0.29) is 17.9 Å². The van der Waals surface area contributed by atoms with Crippen molar-refractivity contribution >= 4 is 34.0 Å². The molecule has 4 heterocycles. The molecule has 0 unspecified atom stereocenters. The van der Waals surface area contributed by atoms with Crippen LogP contribution in [0.15, 0.2) is 54.1 Å². The van der Waals surface area contributed by atoms with Gasteiger partial charge in [0.1, 0.15) is 5.60 Å². The molecule has 3 aliphatic rings. The van der Waals surface area contributed by atoms with Gasteiger partial charge in [-0.05, 0) is 12.1 Å². The molecular formula is C18H15N3O3S. The summed E-state index contributed by atoms with van der Waals surface area (Å²) >= 11 is 1.35. The van der Waals surface area contributed by atoms with Gasteiger partial charge in [0.05, 0.1) is 24.5 Å². The van der Waals surface area contributed by atoms with Crippen LogP contribution in [0.2, 0.25) is 0 Å². The number of nitrogens with one attached hydrogen (secondary N) is 1. The maximum atomic E-state index is 13.1. The molecule has 5 rings (SSSR count). The van der Waals surface area contributed by atoms with E-state index in [1.807, 2.05) is 42.5 Å². The molecule has 2 saturated heterocycles. The van der Waals surface area contributed by atoms with Crippen molar-refractivity contribution in [1.29, 1.82) is 0 Å². The number of hydrogen-bond acceptors (Lipinski definition) is 5. The smallest absolute Gasteiger partial charge is 0.234 e. The minimum absolute atomic E-state index is 0.0580. The Hall–Kier alpha value is -2.51. The summed E-state index contributed by atoms with van der Waals surface area (Å²) in [4.78, 5) is 31.7. The van der Waals surface area contributed by atoms with Crippen molar-refractivity contribution in [1.82, 2.24) is 4.98 Å². The van der Waals surface area contributed by atoms with Crippen molar-refractivity contribution in [3.63, 3.8) is 0 Å². The molecule has 2 fully saturated rings. The third-order valence-corrected chi connectivity index (χ3v) is 5.82. The Morgan fingerprint density at radius 3 is 2.96 bits per heavy atom. The summed E-state index contributed by atoms with van der Waals surface area (Å²) in [6, 6.07) is 9.51. The molecule has 25 heavy (non-hydrogen) atoms. The third kappa shape index (κ3) is 2.09. The number of ether oxygens (including phenoxy) is 1. The maximum Gasteiger partial charge on any atom is 0.234 e. The highest BCUT2D eigenvalue weighted by Crippen LogP contribution is 2.52. The number of rotatable bonds is 3. The standard InChI is InChI=1S/C18H15N3O3S/c22-15(20-17-19-8-9-25-17)13-12-6-7-18(24-12)10-21(16(23)14(13)18)11-4-2-1-3-5-11/h1-9,12-14H,10H2,(H,19,20,22)/t12-,13+,14-,18-/m1/s1. The van der Waals surface area contributed by atoms with Crippen molar-refractivity contribution < 1.29 is 14.3 Å². The topological polar surface area (TPSA) is 71.5 Å². The number of para-hydroxylation sites is 1. The first-order valence-electron chi connectivity index (χ1n) is 8.12. The molecule has 1 aromatic heterocycles. The highest BCUT2D eigenvalue weighted by Gasteiger charge is 2.67. The number of hydrogen-bond donors (Lipinski definition) is 1. The fraction of sp³-hybridized carbons (Fsp3) is 0.278. The fourth-order valence-corrected chi connectivity index (χ4v) is 4.63. The summed E-state index contributed by atoms with van der Waals surface area (Å²) < 4.78 is 6.11. The highest BCUT2D eigenvalue weighted by atomic mass is 32.1. The van der Waals surface area contributed by atoms with Gasteiger partial charge in [-0.3, -0.25) is 9.59 Å². The lowest BCUT2D eigenvalue weighted by Crippen LogP contribution is -2.41. The minimum atomic E-state index is -0.706. The molecule has 6 nitrogen and oxygen atoms in total. The van der Waals surface area contributed by atoms with Gasteiger partial charge in [-0.1, -0.05) is 30.4 Å². The van der Waals surface area contributed by atoms with Gasteiger partial charge >= 0.3 is 0 Å². The zero-order valence-electron chi connectivity index (χ0n) is 13.2. The Bertz CT molecular complexity index is 867. The molecule has 1 N–H and O–H groups in total. The lowest BCUT2D eigenvalue weighted by atomic mass is 9.77. The Labute approximate surface area is 148 Å². The van der Waals surface area contributed by atoms with Gasteiger partial charge in [0.2, 0.25) is 11.8 Å². The summed E-state index contributed by atoms with van der Waals surface area (Å²) in [7, 11) is 0. The van der Waals surface area contributed by atoms with Crippen LogP contribution >= 0.6 is 11.3 Å². The maximum absolute atomic E-state index is 13.1. The average Bonchev–Trinajstić information content (AvgIpc) is 3.38. The molecule has 126 valence electrons. The second kappa shape index (κ2) is 5.24. The van der Waals surface area contributed by atoms with Crippen molar-refractivity contribution in [2.75, 3.05) is 16.8 Å². The van der Waals surface area contributed by atoms with Crippen LogP contribution in [0.25, 0.3) is 0 Å². The zero-order chi connectivity index (χ0) is 17.0. The Balaban J connectivity index is 1.47. The van der Waals surface area contributed by atoms with E-state index in [1.165, 1.54) is 11.3 Å². The van der Waals surface area contributed by atoms with Crippen LogP contribution in [0.4, 0.5) is 10.8 Å². The summed E-state index contributed by atoms with van der Waals surface area (Å²) in [5.74, 6) is -1.30. The van der Waals surface area contributed by atoms with E-state index >= 15 is 0 Å². The van der Waals surface area contributed by atoms with Gasteiger partial charge in [0, 0.05) is 17.3 Å². The van der Waals surface area contributed by atoms with Gasteiger partial charge < -0.3 is 15.0 Å². The van der Waals surface area contributed by atoms with Crippen molar-refractivity contribution in [2.45, 2.75) is 11.7 Å². The lowest BCUT2D eigenvalue weighted by molar-refractivity contribution is -0.128. The van der Waals surface area contributed by atoms with Crippen LogP contribution in [-0.4, -0.2) is 35.0 Å². The highest BCUT2D eigenvalue weighted by molar-refractivity contribution is 7.13. The third-order valence-electron chi connectivity index (χ3n) is 5.13. The Morgan fingerprint density at radius 1 is 1.36 bits per heavy atom. The van der Waals surface area contributed by atoms with Gasteiger partial charge in [0.15, 0.2) is 5.13 Å². The molecule has 1 spiro atoms. The molecule has 0 aliphatic carbocycles. The minimum Gasteiger partial charge on any atom is -0.360 e. The van der Waals surface area contributed by atoms with Gasteiger partial charge in [-0.25, -0.2) is 4.98 Å². The first-order chi connectivity index (χ1) is 12.2.